The van der Waals surface area contributed by atoms with Crippen LogP contribution in [0, 0.1) is 5.92 Å². The molecular formula is C27H46O6. The van der Waals surface area contributed by atoms with Crippen LogP contribution in [-0.2, 0) is 28.5 Å². The zero-order chi connectivity index (χ0) is 23.9. The molecule has 0 N–H and O–H groups in total. The van der Waals surface area contributed by atoms with Crippen LogP contribution in [0.1, 0.15) is 91.4 Å². The number of hydrogen-bond donors (Lipinski definition) is 0. The Balaban J connectivity index is 1.37. The largest absolute Gasteiger partial charge is 0.469 e. The van der Waals surface area contributed by atoms with Gasteiger partial charge in [0.25, 0.3) is 0 Å². The number of ether oxygens (including phenoxy) is 5. The number of rotatable bonds is 15. The summed E-state index contributed by atoms with van der Waals surface area (Å²) >= 11 is 0. The second-order valence-corrected chi connectivity index (χ2v) is 10.6. The van der Waals surface area contributed by atoms with Gasteiger partial charge in [0, 0.05) is 20.1 Å². The van der Waals surface area contributed by atoms with E-state index >= 15 is 0 Å². The van der Waals surface area contributed by atoms with E-state index in [0.29, 0.717) is 6.42 Å². The molecule has 0 aromatic rings. The van der Waals surface area contributed by atoms with Crippen LogP contribution in [-0.4, -0.2) is 62.9 Å². The van der Waals surface area contributed by atoms with Crippen molar-refractivity contribution in [3.05, 3.63) is 11.6 Å². The molecule has 6 atom stereocenters. The van der Waals surface area contributed by atoms with E-state index in [9.17, 15) is 4.79 Å². The Morgan fingerprint density at radius 3 is 2.33 bits per heavy atom. The molecule has 2 saturated heterocycles. The zero-order valence-electron chi connectivity index (χ0n) is 21.5. The van der Waals surface area contributed by atoms with E-state index in [2.05, 4.69) is 31.6 Å². The molecule has 0 radical (unpaired) electrons. The predicted molar refractivity (Wildman–Crippen MR) is 128 cm³/mol. The highest BCUT2D eigenvalue weighted by Gasteiger charge is 2.71. The minimum Gasteiger partial charge on any atom is -0.469 e. The number of unbranched alkanes of at least 4 members (excludes halogenated alkanes) is 6. The molecule has 1 saturated carbocycles. The van der Waals surface area contributed by atoms with Gasteiger partial charge in [0.05, 0.1) is 43.5 Å². The van der Waals surface area contributed by atoms with Crippen molar-refractivity contribution >= 4 is 5.97 Å². The number of allylic oxidation sites excluding steroid dienone is 1. The lowest BCUT2D eigenvalue weighted by atomic mass is 9.68. The molecule has 6 nitrogen and oxygen atoms in total. The molecule has 3 aliphatic rings. The van der Waals surface area contributed by atoms with E-state index in [1.54, 1.807) is 0 Å². The molecule has 6 unspecified atom stereocenters. The fraction of sp³-hybridized carbons (Fsp3) is 0.889. The minimum absolute atomic E-state index is 0.0118. The van der Waals surface area contributed by atoms with Crippen LogP contribution in [0.4, 0.5) is 0 Å². The molecule has 0 aromatic heterocycles. The first-order chi connectivity index (χ1) is 15.9. The first-order valence-corrected chi connectivity index (χ1v) is 13.0. The number of hydrogen-bond acceptors (Lipinski definition) is 6. The molecule has 0 bridgehead atoms. The van der Waals surface area contributed by atoms with Gasteiger partial charge < -0.3 is 23.7 Å². The fourth-order valence-electron chi connectivity index (χ4n) is 5.71. The molecule has 1 spiro atoms. The highest BCUT2D eigenvalue weighted by Crippen LogP contribution is 2.59. The van der Waals surface area contributed by atoms with Gasteiger partial charge in [-0.05, 0) is 52.9 Å². The highest BCUT2D eigenvalue weighted by atomic mass is 16.6. The normalized spacial score (nSPS) is 34.8. The topological polar surface area (TPSA) is 69.8 Å². The van der Waals surface area contributed by atoms with Crippen molar-refractivity contribution < 1.29 is 28.5 Å². The standard InChI is InChI=1S/C27H46O6/c1-20(2)14-15-22-26(3,33-22)25-24(30-5)21(16-17-27(25)19-32-27)31-18-12-10-8-6-7-9-11-13-23(28)29-4/h14,21-22,24-25H,6-13,15-19H2,1-5H3. The molecule has 0 aromatic carbocycles. The molecule has 3 rings (SSSR count). The molecule has 2 heterocycles. The third kappa shape index (κ3) is 7.03. The van der Waals surface area contributed by atoms with Gasteiger partial charge in [-0.15, -0.1) is 0 Å². The monoisotopic (exact) mass is 466 g/mol. The molecule has 2 aliphatic heterocycles. The summed E-state index contributed by atoms with van der Waals surface area (Å²) in [5.74, 6) is 0.116. The van der Waals surface area contributed by atoms with Crippen molar-refractivity contribution in [1.82, 2.24) is 0 Å². The van der Waals surface area contributed by atoms with Gasteiger partial charge >= 0.3 is 5.97 Å². The maximum atomic E-state index is 11.1. The van der Waals surface area contributed by atoms with Gasteiger partial charge in [0.1, 0.15) is 5.60 Å². The number of carbonyl (C=O) groups excluding carboxylic acids is 1. The molecular weight excluding hydrogens is 420 g/mol. The van der Waals surface area contributed by atoms with E-state index in [1.165, 1.54) is 38.4 Å². The van der Waals surface area contributed by atoms with Crippen LogP contribution in [0.15, 0.2) is 11.6 Å². The van der Waals surface area contributed by atoms with Gasteiger partial charge in [-0.2, -0.15) is 0 Å². The van der Waals surface area contributed by atoms with Crippen LogP contribution >= 0.6 is 0 Å². The number of epoxide rings is 2. The first kappa shape index (κ1) is 26.7. The average molecular weight is 467 g/mol. The Labute approximate surface area is 200 Å². The minimum atomic E-state index is -0.195. The summed E-state index contributed by atoms with van der Waals surface area (Å²) < 4.78 is 29.4. The Hall–Kier alpha value is -0.950. The van der Waals surface area contributed by atoms with Crippen molar-refractivity contribution in [3.63, 3.8) is 0 Å². The second-order valence-electron chi connectivity index (χ2n) is 10.6. The quantitative estimate of drug-likeness (QED) is 0.140. The van der Waals surface area contributed by atoms with E-state index in [1.807, 2.05) is 7.11 Å². The van der Waals surface area contributed by atoms with Crippen molar-refractivity contribution in [1.29, 1.82) is 0 Å². The smallest absolute Gasteiger partial charge is 0.305 e. The van der Waals surface area contributed by atoms with Crippen molar-refractivity contribution in [2.24, 2.45) is 5.92 Å². The van der Waals surface area contributed by atoms with Gasteiger partial charge in [-0.25, -0.2) is 0 Å². The predicted octanol–water partition coefficient (Wildman–Crippen LogP) is 5.37. The average Bonchev–Trinajstić information content (AvgIpc) is 3.71. The van der Waals surface area contributed by atoms with Gasteiger partial charge in [0.15, 0.2) is 0 Å². The molecule has 3 fully saturated rings. The SMILES string of the molecule is COC(=O)CCCCCCCCCOC1CCC2(CO2)C(C2(C)OC2CC=C(C)C)C1OC. The lowest BCUT2D eigenvalue weighted by Crippen LogP contribution is -2.55. The van der Waals surface area contributed by atoms with Crippen molar-refractivity contribution in [2.75, 3.05) is 27.4 Å². The zero-order valence-corrected chi connectivity index (χ0v) is 21.5. The summed E-state index contributed by atoms with van der Waals surface area (Å²) in [5, 5.41) is 0. The second kappa shape index (κ2) is 12.1. The Morgan fingerprint density at radius 1 is 1.06 bits per heavy atom. The maximum absolute atomic E-state index is 11.1. The highest BCUT2D eigenvalue weighted by molar-refractivity contribution is 5.68. The lowest BCUT2D eigenvalue weighted by molar-refractivity contribution is -0.140. The third-order valence-electron chi connectivity index (χ3n) is 7.82. The molecule has 0 amide bonds. The summed E-state index contributed by atoms with van der Waals surface area (Å²) in [7, 11) is 3.26. The first-order valence-electron chi connectivity index (χ1n) is 13.0. The molecule has 33 heavy (non-hydrogen) atoms. The Kier molecular flexibility index (Phi) is 9.81. The van der Waals surface area contributed by atoms with E-state index in [0.717, 1.165) is 51.7 Å². The molecule has 1 aliphatic carbocycles. The number of esters is 1. The van der Waals surface area contributed by atoms with Crippen LogP contribution in [0.5, 0.6) is 0 Å². The van der Waals surface area contributed by atoms with E-state index in [4.69, 9.17) is 18.9 Å². The molecule has 6 heteroatoms. The summed E-state index contributed by atoms with van der Waals surface area (Å²) in [6.45, 7) is 8.12. The van der Waals surface area contributed by atoms with Crippen LogP contribution < -0.4 is 0 Å². The molecule has 190 valence electrons. The third-order valence-corrected chi connectivity index (χ3v) is 7.82. The van der Waals surface area contributed by atoms with Crippen LogP contribution in [0.2, 0.25) is 0 Å². The van der Waals surface area contributed by atoms with Crippen LogP contribution in [0.3, 0.4) is 0 Å². The lowest BCUT2D eigenvalue weighted by Gasteiger charge is -2.43. The summed E-state index contributed by atoms with van der Waals surface area (Å²) in [4.78, 5) is 11.1. The summed E-state index contributed by atoms with van der Waals surface area (Å²) in [6.07, 6.45) is 14.1. The van der Waals surface area contributed by atoms with Gasteiger partial charge in [-0.1, -0.05) is 43.8 Å². The van der Waals surface area contributed by atoms with E-state index < -0.39 is 0 Å². The van der Waals surface area contributed by atoms with E-state index in [-0.39, 0.29) is 41.4 Å². The van der Waals surface area contributed by atoms with Gasteiger partial charge in [-0.3, -0.25) is 4.79 Å². The fourth-order valence-corrected chi connectivity index (χ4v) is 5.71. The number of carbonyl (C=O) groups is 1. The summed E-state index contributed by atoms with van der Waals surface area (Å²) in [6, 6.07) is 0. The maximum Gasteiger partial charge on any atom is 0.305 e. The Bertz CT molecular complexity index is 653. The number of methoxy groups -OCH3 is 2. The Morgan fingerprint density at radius 2 is 1.73 bits per heavy atom. The van der Waals surface area contributed by atoms with Crippen LogP contribution in [0.25, 0.3) is 0 Å². The van der Waals surface area contributed by atoms with Gasteiger partial charge in [0.2, 0.25) is 0 Å². The van der Waals surface area contributed by atoms with Crippen molar-refractivity contribution in [3.8, 4) is 0 Å². The van der Waals surface area contributed by atoms with Crippen molar-refractivity contribution in [2.45, 2.75) is 121 Å². The summed E-state index contributed by atoms with van der Waals surface area (Å²) in [5.41, 5.74) is 1.06.